The van der Waals surface area contributed by atoms with Gasteiger partial charge < -0.3 is 4.90 Å². The summed E-state index contributed by atoms with van der Waals surface area (Å²) in [6.45, 7) is 5.19. The summed E-state index contributed by atoms with van der Waals surface area (Å²) < 4.78 is 0. The second kappa shape index (κ2) is 7.97. The maximum atomic E-state index is 13.2. The van der Waals surface area contributed by atoms with Crippen molar-refractivity contribution in [1.29, 1.82) is 0 Å². The summed E-state index contributed by atoms with van der Waals surface area (Å²) in [6.07, 6.45) is 13.7. The molecular formula is C25H33N3O. The number of rotatable bonds is 3. The molecule has 0 aromatic heterocycles. The van der Waals surface area contributed by atoms with Gasteiger partial charge in [0.05, 0.1) is 6.04 Å². The van der Waals surface area contributed by atoms with Gasteiger partial charge in [0.1, 0.15) is 5.84 Å². The number of amides is 1. The first kappa shape index (κ1) is 18.9. The van der Waals surface area contributed by atoms with Gasteiger partial charge in [0.25, 0.3) is 5.91 Å². The molecule has 2 fully saturated rings. The van der Waals surface area contributed by atoms with Crippen LogP contribution in [0.15, 0.2) is 22.7 Å². The van der Waals surface area contributed by atoms with Crippen molar-refractivity contribution in [3.05, 3.63) is 34.4 Å². The molecule has 1 aliphatic carbocycles. The van der Waals surface area contributed by atoms with Gasteiger partial charge in [-0.15, -0.1) is 0 Å². The lowest BCUT2D eigenvalue weighted by molar-refractivity contribution is -0.124. The molecule has 4 nitrogen and oxygen atoms in total. The molecule has 4 heteroatoms. The van der Waals surface area contributed by atoms with Gasteiger partial charge >= 0.3 is 0 Å². The summed E-state index contributed by atoms with van der Waals surface area (Å²) in [4.78, 5) is 22.7. The normalized spacial score (nSPS) is 25.2. The number of piperidine rings is 1. The first-order chi connectivity index (χ1) is 14.2. The van der Waals surface area contributed by atoms with Crippen LogP contribution in [0.3, 0.4) is 0 Å². The Labute approximate surface area is 174 Å². The van der Waals surface area contributed by atoms with Crippen LogP contribution in [0.1, 0.15) is 75.0 Å². The highest BCUT2D eigenvalue weighted by Gasteiger charge is 2.29. The van der Waals surface area contributed by atoms with Crippen molar-refractivity contribution in [3.63, 3.8) is 0 Å². The highest BCUT2D eigenvalue weighted by molar-refractivity contribution is 6.11. The minimum atomic E-state index is 0.170. The van der Waals surface area contributed by atoms with Crippen molar-refractivity contribution in [2.45, 2.75) is 77.2 Å². The molecule has 3 aliphatic heterocycles. The molecule has 0 radical (unpaired) electrons. The molecule has 3 heterocycles. The van der Waals surface area contributed by atoms with E-state index >= 15 is 0 Å². The monoisotopic (exact) mass is 391 g/mol. The zero-order valence-electron chi connectivity index (χ0n) is 17.8. The molecule has 29 heavy (non-hydrogen) atoms. The van der Waals surface area contributed by atoms with E-state index in [0.29, 0.717) is 12.6 Å². The van der Waals surface area contributed by atoms with Crippen LogP contribution in [-0.2, 0) is 17.6 Å². The Morgan fingerprint density at radius 3 is 2.34 bits per heavy atom. The maximum absolute atomic E-state index is 13.2. The van der Waals surface area contributed by atoms with E-state index in [9.17, 15) is 4.79 Å². The van der Waals surface area contributed by atoms with Crippen molar-refractivity contribution in [3.8, 4) is 0 Å². The highest BCUT2D eigenvalue weighted by Crippen LogP contribution is 2.37. The zero-order chi connectivity index (χ0) is 19.8. The summed E-state index contributed by atoms with van der Waals surface area (Å²) in [6, 6.07) is 5.12. The third-order valence-electron chi connectivity index (χ3n) is 7.12. The summed E-state index contributed by atoms with van der Waals surface area (Å²) in [7, 11) is 0. The second-order valence-corrected chi connectivity index (χ2v) is 9.08. The number of amidine groups is 1. The van der Waals surface area contributed by atoms with E-state index in [-0.39, 0.29) is 5.91 Å². The fraction of sp³-hybridized carbons (Fsp3) is 0.600. The van der Waals surface area contributed by atoms with Crippen LogP contribution in [0.2, 0.25) is 0 Å². The van der Waals surface area contributed by atoms with Gasteiger partial charge in [-0.05, 0) is 86.8 Å². The molecule has 1 aromatic rings. The smallest absolute Gasteiger partial charge is 0.255 e. The average Bonchev–Trinajstić information content (AvgIpc) is 3.24. The lowest BCUT2D eigenvalue weighted by atomic mass is 9.89. The summed E-state index contributed by atoms with van der Waals surface area (Å²) in [5.41, 5.74) is 6.64. The molecule has 154 valence electrons. The van der Waals surface area contributed by atoms with Crippen LogP contribution >= 0.6 is 0 Å². The van der Waals surface area contributed by atoms with Crippen molar-refractivity contribution < 1.29 is 4.79 Å². The second-order valence-electron chi connectivity index (χ2n) is 9.08. The van der Waals surface area contributed by atoms with E-state index in [0.717, 1.165) is 24.3 Å². The third-order valence-corrected chi connectivity index (χ3v) is 7.12. The number of hydrogen-bond acceptors (Lipinski definition) is 3. The van der Waals surface area contributed by atoms with E-state index in [4.69, 9.17) is 4.99 Å². The Morgan fingerprint density at radius 1 is 1.00 bits per heavy atom. The minimum absolute atomic E-state index is 0.170. The number of aliphatic imine (C=N–C) groups is 1. The van der Waals surface area contributed by atoms with E-state index in [1.165, 1.54) is 86.8 Å². The number of likely N-dealkylation sites (N-methyl/N-ethyl adjacent to an activating group) is 1. The molecule has 0 atom stereocenters. The fourth-order valence-corrected chi connectivity index (χ4v) is 5.73. The van der Waals surface area contributed by atoms with Gasteiger partial charge in [-0.3, -0.25) is 14.7 Å². The number of likely N-dealkylation sites (tertiary alicyclic amines) is 1. The number of hydrogen-bond donors (Lipinski definition) is 0. The first-order valence-electron chi connectivity index (χ1n) is 11.7. The van der Waals surface area contributed by atoms with E-state index in [2.05, 4.69) is 30.0 Å². The number of carbonyl (C=O) groups excluding carboxylic acids is 1. The van der Waals surface area contributed by atoms with Gasteiger partial charge in [-0.25, -0.2) is 0 Å². The topological polar surface area (TPSA) is 35.9 Å². The van der Waals surface area contributed by atoms with Crippen LogP contribution in [0, 0.1) is 0 Å². The van der Waals surface area contributed by atoms with Crippen molar-refractivity contribution in [1.82, 2.24) is 4.90 Å². The molecule has 1 amide bonds. The van der Waals surface area contributed by atoms with Crippen LogP contribution in [0.25, 0.3) is 6.08 Å². The molecule has 0 unspecified atom stereocenters. The van der Waals surface area contributed by atoms with Gasteiger partial charge in [0.15, 0.2) is 0 Å². The molecular weight excluding hydrogens is 358 g/mol. The summed E-state index contributed by atoms with van der Waals surface area (Å²) in [5, 5.41) is 0. The zero-order valence-corrected chi connectivity index (χ0v) is 17.8. The number of anilines is 1. The molecule has 0 bridgehead atoms. The average molecular weight is 392 g/mol. The Bertz CT molecular complexity index is 832. The van der Waals surface area contributed by atoms with Crippen LogP contribution < -0.4 is 4.90 Å². The largest absolute Gasteiger partial charge is 0.371 e. The molecule has 1 saturated carbocycles. The number of aryl methyl sites for hydroxylation is 2. The van der Waals surface area contributed by atoms with Crippen LogP contribution in [0.4, 0.5) is 5.69 Å². The molecule has 5 rings (SSSR count). The van der Waals surface area contributed by atoms with Gasteiger partial charge in [-0.2, -0.15) is 0 Å². The van der Waals surface area contributed by atoms with Crippen LogP contribution in [-0.4, -0.2) is 42.3 Å². The van der Waals surface area contributed by atoms with E-state index < -0.39 is 0 Å². The maximum Gasteiger partial charge on any atom is 0.255 e. The predicted octanol–water partition coefficient (Wildman–Crippen LogP) is 4.75. The molecule has 1 saturated heterocycles. The van der Waals surface area contributed by atoms with Gasteiger partial charge in [0.2, 0.25) is 0 Å². The standard InChI is InChI=1S/C25H33N3O/c1-2-28-23(26-22-9-3-4-10-22)12-11-21(25(28)29)17-18-15-19-7-5-13-27-14-6-8-20(16-18)24(19)27/h15-17,22H,2-14H2,1H3/b21-17-,26-23-. The Morgan fingerprint density at radius 2 is 1.69 bits per heavy atom. The van der Waals surface area contributed by atoms with Crippen molar-refractivity contribution >= 4 is 23.5 Å². The van der Waals surface area contributed by atoms with Gasteiger partial charge in [-0.1, -0.05) is 12.8 Å². The van der Waals surface area contributed by atoms with Crippen LogP contribution in [0.5, 0.6) is 0 Å². The fourth-order valence-electron chi connectivity index (χ4n) is 5.73. The van der Waals surface area contributed by atoms with Gasteiger partial charge in [0, 0.05) is 37.3 Å². The predicted molar refractivity (Wildman–Crippen MR) is 120 cm³/mol. The highest BCUT2D eigenvalue weighted by atomic mass is 16.2. The summed E-state index contributed by atoms with van der Waals surface area (Å²) in [5.74, 6) is 1.20. The molecule has 1 aromatic carbocycles. The quantitative estimate of drug-likeness (QED) is 0.697. The van der Waals surface area contributed by atoms with Crippen molar-refractivity contribution in [2.24, 2.45) is 4.99 Å². The minimum Gasteiger partial charge on any atom is -0.371 e. The number of nitrogens with zero attached hydrogens (tertiary/aromatic N) is 3. The Balaban J connectivity index is 1.42. The van der Waals surface area contributed by atoms with E-state index in [1.807, 2.05) is 4.90 Å². The van der Waals surface area contributed by atoms with Crippen molar-refractivity contribution in [2.75, 3.05) is 24.5 Å². The lowest BCUT2D eigenvalue weighted by Gasteiger charge is -2.37. The van der Waals surface area contributed by atoms with E-state index in [1.54, 1.807) is 0 Å². The molecule has 0 N–H and O–H groups in total. The number of carbonyl (C=O) groups is 1. The lowest BCUT2D eigenvalue weighted by Crippen LogP contribution is -2.42. The summed E-state index contributed by atoms with van der Waals surface area (Å²) >= 11 is 0. The Hall–Kier alpha value is -2.10. The molecule has 0 spiro atoms. The third kappa shape index (κ3) is 3.62. The number of benzene rings is 1. The Kier molecular flexibility index (Phi) is 5.19. The molecule has 4 aliphatic rings. The SMILES string of the molecule is CCN1C(=O)/C(=C\c2cc3c4c(c2)CCCN4CCC3)CC/C1=N/C1CCCC1. The first-order valence-corrected chi connectivity index (χ1v) is 11.7.